The van der Waals surface area contributed by atoms with Gasteiger partial charge in [0.05, 0.1) is 12.0 Å². The Morgan fingerprint density at radius 3 is 2.71 bits per heavy atom. The molecule has 114 valence electrons. The van der Waals surface area contributed by atoms with E-state index in [0.717, 1.165) is 12.8 Å². The van der Waals surface area contributed by atoms with Crippen LogP contribution in [0.3, 0.4) is 0 Å². The molecule has 21 heavy (non-hydrogen) atoms. The standard InChI is InChI=1S/C15H18ClFN2O2/c16-7-1-3-11-9(5-7)15(21)19-12-4-2-8(17)6-10(12)13(20)14(19)18-11/h7-12H,1-6H2. The fourth-order valence-corrected chi connectivity index (χ4v) is 4.71. The number of aliphatic imine (C=N–C) groups is 1. The molecule has 1 amide bonds. The summed E-state index contributed by atoms with van der Waals surface area (Å²) in [5.74, 6) is -0.405. The smallest absolute Gasteiger partial charge is 0.233 e. The summed E-state index contributed by atoms with van der Waals surface area (Å²) in [5.41, 5.74) is 0. The Morgan fingerprint density at radius 1 is 1.10 bits per heavy atom. The molecule has 4 aliphatic rings. The fraction of sp³-hybridized carbons (Fsp3) is 0.800. The summed E-state index contributed by atoms with van der Waals surface area (Å²) in [5, 5.41) is 0.0163. The summed E-state index contributed by atoms with van der Waals surface area (Å²) < 4.78 is 13.6. The van der Waals surface area contributed by atoms with E-state index in [4.69, 9.17) is 11.6 Å². The van der Waals surface area contributed by atoms with Crippen LogP contribution in [0, 0.1) is 11.8 Å². The number of carbonyl (C=O) groups excluding carboxylic acids is 2. The predicted octanol–water partition coefficient (Wildman–Crippen LogP) is 2.09. The molecule has 4 nitrogen and oxygen atoms in total. The Hall–Kier alpha value is -0.970. The van der Waals surface area contributed by atoms with Crippen molar-refractivity contribution in [2.45, 2.75) is 62.2 Å². The maximum Gasteiger partial charge on any atom is 0.233 e. The zero-order chi connectivity index (χ0) is 14.7. The highest BCUT2D eigenvalue weighted by Gasteiger charge is 2.55. The van der Waals surface area contributed by atoms with Gasteiger partial charge in [-0.25, -0.2) is 4.39 Å². The molecular formula is C15H18ClFN2O2. The molecule has 0 radical (unpaired) electrons. The monoisotopic (exact) mass is 312 g/mol. The summed E-state index contributed by atoms with van der Waals surface area (Å²) in [6, 6.07) is -0.281. The van der Waals surface area contributed by atoms with Crippen molar-refractivity contribution in [1.29, 1.82) is 0 Å². The first-order valence-corrected chi connectivity index (χ1v) is 8.23. The van der Waals surface area contributed by atoms with Crippen molar-refractivity contribution < 1.29 is 14.0 Å². The minimum atomic E-state index is -0.929. The molecule has 6 heteroatoms. The van der Waals surface area contributed by atoms with Crippen molar-refractivity contribution in [3.8, 4) is 0 Å². The molecule has 4 rings (SSSR count). The largest absolute Gasteiger partial charge is 0.290 e. The molecule has 2 saturated carbocycles. The lowest BCUT2D eigenvalue weighted by molar-refractivity contribution is -0.136. The number of fused-ring (bicyclic) bond motifs is 4. The Kier molecular flexibility index (Phi) is 3.10. The maximum absolute atomic E-state index is 13.6. The summed E-state index contributed by atoms with van der Waals surface area (Å²) in [6.07, 6.45) is 2.52. The Balaban J connectivity index is 1.70. The second-order valence-corrected chi connectivity index (χ2v) is 7.31. The van der Waals surface area contributed by atoms with Crippen molar-refractivity contribution in [2.75, 3.05) is 0 Å². The first-order chi connectivity index (χ1) is 10.1. The molecule has 2 heterocycles. The van der Waals surface area contributed by atoms with E-state index in [9.17, 15) is 14.0 Å². The number of carbonyl (C=O) groups is 2. The molecule has 1 saturated heterocycles. The number of ketones is 1. The van der Waals surface area contributed by atoms with Crippen LogP contribution in [0.15, 0.2) is 4.99 Å². The van der Waals surface area contributed by atoms with E-state index in [-0.39, 0.29) is 47.4 Å². The third-order valence-electron chi connectivity index (χ3n) is 5.46. The molecular weight excluding hydrogens is 295 g/mol. The molecule has 0 bridgehead atoms. The lowest BCUT2D eigenvalue weighted by Crippen LogP contribution is -2.53. The third-order valence-corrected chi connectivity index (χ3v) is 5.86. The topological polar surface area (TPSA) is 49.7 Å². The average Bonchev–Trinajstić information content (AvgIpc) is 2.73. The number of amides is 1. The average molecular weight is 313 g/mol. The summed E-state index contributed by atoms with van der Waals surface area (Å²) in [6.45, 7) is 0. The fourth-order valence-electron chi connectivity index (χ4n) is 4.39. The van der Waals surface area contributed by atoms with Crippen LogP contribution in [0.25, 0.3) is 0 Å². The van der Waals surface area contributed by atoms with E-state index in [1.54, 1.807) is 4.90 Å². The quantitative estimate of drug-likeness (QED) is 0.643. The summed E-state index contributed by atoms with van der Waals surface area (Å²) >= 11 is 6.19. The molecule has 0 spiro atoms. The van der Waals surface area contributed by atoms with Gasteiger partial charge in [0, 0.05) is 17.3 Å². The van der Waals surface area contributed by atoms with Crippen LogP contribution in [0.2, 0.25) is 0 Å². The zero-order valence-corrected chi connectivity index (χ0v) is 12.4. The molecule has 2 aliphatic heterocycles. The van der Waals surface area contributed by atoms with Gasteiger partial charge in [0.2, 0.25) is 11.7 Å². The van der Waals surface area contributed by atoms with E-state index in [1.165, 1.54) is 0 Å². The van der Waals surface area contributed by atoms with Gasteiger partial charge in [-0.15, -0.1) is 11.6 Å². The van der Waals surface area contributed by atoms with Gasteiger partial charge in [0.1, 0.15) is 6.17 Å². The minimum absolute atomic E-state index is 0.00601. The summed E-state index contributed by atoms with van der Waals surface area (Å²) in [7, 11) is 0. The molecule has 0 aromatic rings. The Morgan fingerprint density at radius 2 is 1.90 bits per heavy atom. The van der Waals surface area contributed by atoms with Gasteiger partial charge < -0.3 is 0 Å². The number of amidine groups is 1. The first-order valence-electron chi connectivity index (χ1n) is 7.79. The highest BCUT2D eigenvalue weighted by Crippen LogP contribution is 2.42. The van der Waals surface area contributed by atoms with Crippen molar-refractivity contribution in [3.05, 3.63) is 0 Å². The number of nitrogens with zero attached hydrogens (tertiary/aromatic N) is 2. The van der Waals surface area contributed by atoms with Crippen molar-refractivity contribution in [3.63, 3.8) is 0 Å². The van der Waals surface area contributed by atoms with Gasteiger partial charge in [-0.05, 0) is 38.5 Å². The van der Waals surface area contributed by atoms with Gasteiger partial charge in [0.25, 0.3) is 0 Å². The lowest BCUT2D eigenvalue weighted by Gasteiger charge is -2.40. The van der Waals surface area contributed by atoms with Crippen LogP contribution >= 0.6 is 11.6 Å². The van der Waals surface area contributed by atoms with Crippen molar-refractivity contribution in [1.82, 2.24) is 4.90 Å². The van der Waals surface area contributed by atoms with E-state index in [0.29, 0.717) is 25.1 Å². The summed E-state index contributed by atoms with van der Waals surface area (Å²) in [4.78, 5) is 31.5. The second kappa shape index (κ2) is 4.77. The molecule has 0 aromatic heterocycles. The van der Waals surface area contributed by atoms with E-state index >= 15 is 0 Å². The SMILES string of the molecule is O=C1C2=NC3CCC(Cl)CC3C(=O)N2C2CCC(F)CC12. The van der Waals surface area contributed by atoms with E-state index in [2.05, 4.69) is 4.99 Å². The van der Waals surface area contributed by atoms with Crippen LogP contribution in [0.5, 0.6) is 0 Å². The van der Waals surface area contributed by atoms with E-state index < -0.39 is 6.17 Å². The number of hydrogen-bond acceptors (Lipinski definition) is 3. The number of Topliss-reactive ketones (excluding diaryl/α,β-unsaturated/α-hetero) is 1. The minimum Gasteiger partial charge on any atom is -0.290 e. The van der Waals surface area contributed by atoms with Gasteiger partial charge in [-0.1, -0.05) is 0 Å². The predicted molar refractivity (Wildman–Crippen MR) is 76.1 cm³/mol. The number of halogens is 2. The van der Waals surface area contributed by atoms with Crippen LogP contribution in [0.4, 0.5) is 4.39 Å². The van der Waals surface area contributed by atoms with Crippen LogP contribution in [0.1, 0.15) is 38.5 Å². The van der Waals surface area contributed by atoms with Crippen LogP contribution < -0.4 is 0 Å². The molecule has 3 fully saturated rings. The van der Waals surface area contributed by atoms with Crippen molar-refractivity contribution in [2.24, 2.45) is 16.8 Å². The van der Waals surface area contributed by atoms with Gasteiger partial charge in [0.15, 0.2) is 5.84 Å². The van der Waals surface area contributed by atoms with E-state index in [1.807, 2.05) is 0 Å². The molecule has 0 aromatic carbocycles. The lowest BCUT2D eigenvalue weighted by atomic mass is 9.81. The van der Waals surface area contributed by atoms with Crippen LogP contribution in [-0.4, -0.2) is 46.1 Å². The first kappa shape index (κ1) is 13.7. The van der Waals surface area contributed by atoms with Crippen LogP contribution in [-0.2, 0) is 9.59 Å². The number of alkyl halides is 2. The number of rotatable bonds is 0. The molecule has 0 N–H and O–H groups in total. The van der Waals surface area contributed by atoms with Gasteiger partial charge >= 0.3 is 0 Å². The highest BCUT2D eigenvalue weighted by atomic mass is 35.5. The second-order valence-electron chi connectivity index (χ2n) is 6.69. The zero-order valence-electron chi connectivity index (χ0n) is 11.7. The molecule has 6 atom stereocenters. The molecule has 2 aliphatic carbocycles. The van der Waals surface area contributed by atoms with Crippen molar-refractivity contribution >= 4 is 29.1 Å². The number of hydrogen-bond donors (Lipinski definition) is 0. The Labute approximate surface area is 127 Å². The molecule has 6 unspecified atom stereocenters. The van der Waals surface area contributed by atoms with Gasteiger partial charge in [-0.3, -0.25) is 19.5 Å². The highest BCUT2D eigenvalue weighted by molar-refractivity contribution is 6.44. The third kappa shape index (κ3) is 1.96. The van der Waals surface area contributed by atoms with Gasteiger partial charge in [-0.2, -0.15) is 0 Å². The normalized spacial score (nSPS) is 45.8. The Bertz CT molecular complexity index is 538. The maximum atomic E-state index is 13.6.